The van der Waals surface area contributed by atoms with Crippen molar-refractivity contribution in [3.63, 3.8) is 0 Å². The molecule has 0 radical (unpaired) electrons. The van der Waals surface area contributed by atoms with E-state index >= 15 is 0 Å². The van der Waals surface area contributed by atoms with Gasteiger partial charge in [0.25, 0.3) is 11.8 Å². The van der Waals surface area contributed by atoms with Gasteiger partial charge in [-0.25, -0.2) is 4.79 Å². The fraction of sp³-hybridized carbons (Fsp3) is 0.256. The van der Waals surface area contributed by atoms with E-state index in [1.165, 1.54) is 17.7 Å². The van der Waals surface area contributed by atoms with Crippen LogP contribution in [-0.2, 0) is 44.2 Å². The lowest BCUT2D eigenvalue weighted by Gasteiger charge is -2.36. The summed E-state index contributed by atoms with van der Waals surface area (Å²) in [7, 11) is 3.60. The van der Waals surface area contributed by atoms with Gasteiger partial charge in [0.15, 0.2) is 0 Å². The highest BCUT2D eigenvalue weighted by molar-refractivity contribution is 6.08. The number of aromatic hydroxyl groups is 1. The summed E-state index contributed by atoms with van der Waals surface area (Å²) in [4.78, 5) is 58.7. The monoisotopic (exact) mass is 710 g/mol. The van der Waals surface area contributed by atoms with E-state index in [4.69, 9.17) is 0 Å². The van der Waals surface area contributed by atoms with E-state index in [2.05, 4.69) is 25.1 Å². The third-order valence-corrected chi connectivity index (χ3v) is 10.8. The van der Waals surface area contributed by atoms with E-state index in [0.717, 1.165) is 45.6 Å². The number of carboxylic acid groups (broad SMARTS) is 1. The molecule has 3 heterocycles. The van der Waals surface area contributed by atoms with Crippen molar-refractivity contribution in [1.29, 1.82) is 0 Å². The van der Waals surface area contributed by atoms with Gasteiger partial charge in [0.1, 0.15) is 5.75 Å². The van der Waals surface area contributed by atoms with Crippen LogP contribution in [0.3, 0.4) is 0 Å². The molecule has 0 unspecified atom stereocenters. The molecule has 2 aliphatic heterocycles. The number of amides is 3. The summed E-state index contributed by atoms with van der Waals surface area (Å²) in [5, 5.41) is 19.0. The fourth-order valence-corrected chi connectivity index (χ4v) is 7.52. The van der Waals surface area contributed by atoms with Gasteiger partial charge >= 0.3 is 5.97 Å². The van der Waals surface area contributed by atoms with Gasteiger partial charge in [-0.2, -0.15) is 0 Å². The Morgan fingerprint density at radius 3 is 2.23 bits per heavy atom. The molecule has 0 saturated carbocycles. The highest BCUT2D eigenvalue weighted by Crippen LogP contribution is 2.36. The van der Waals surface area contributed by atoms with E-state index in [1.54, 1.807) is 53.2 Å². The predicted octanol–water partition coefficient (Wildman–Crippen LogP) is 6.40. The van der Waals surface area contributed by atoms with Gasteiger partial charge in [-0.1, -0.05) is 36.4 Å². The molecule has 0 bridgehead atoms. The summed E-state index contributed by atoms with van der Waals surface area (Å²) >= 11 is 0. The number of nitrogens with zero attached hydrogens (tertiary/aromatic N) is 4. The Hall–Kier alpha value is -6.16. The average Bonchev–Trinajstić information content (AvgIpc) is 3.46. The SMILES string of the molecule is Cc1c(C(=O)N(C)c2ccc(O)cc2)cc(-c2cc3c(cc2C(=O)N2Cc4ccccc4C[C@H]2C)CN(C(=O)Cc2ccc(C(=O)O)cc2)CC3)n1C. The first-order valence-corrected chi connectivity index (χ1v) is 17.8. The molecule has 2 aliphatic rings. The molecular formula is C43H42N4O6. The van der Waals surface area contributed by atoms with E-state index in [-0.39, 0.29) is 41.5 Å². The Balaban J connectivity index is 1.25. The van der Waals surface area contributed by atoms with Crippen LogP contribution in [0.15, 0.2) is 91.0 Å². The standard InChI is InChI=1S/C43H42N4O6/c1-26-19-30-7-5-6-8-32(30)25-47(26)42(51)38-22-33-24-46(40(49)20-28-9-11-29(12-10-28)43(52)53)18-17-31(33)21-37(38)39-23-36(27(2)44(39)3)41(50)45(4)34-13-15-35(48)16-14-34/h5-16,21-23,26,48H,17-20,24-25H2,1-4H3,(H,52,53)/t26-/m1/s1. The summed E-state index contributed by atoms with van der Waals surface area (Å²) in [5.74, 6) is -1.30. The van der Waals surface area contributed by atoms with Crippen molar-refractivity contribution in [2.75, 3.05) is 18.5 Å². The number of benzene rings is 4. The number of rotatable bonds is 7. The van der Waals surface area contributed by atoms with Crippen LogP contribution in [0.25, 0.3) is 11.3 Å². The van der Waals surface area contributed by atoms with Crippen molar-refractivity contribution in [1.82, 2.24) is 14.4 Å². The number of carboxylic acids is 1. The third kappa shape index (κ3) is 6.80. The summed E-state index contributed by atoms with van der Waals surface area (Å²) in [6, 6.07) is 26.8. The summed E-state index contributed by atoms with van der Waals surface area (Å²) in [5.41, 5.74) is 9.07. The van der Waals surface area contributed by atoms with Crippen LogP contribution in [0.4, 0.5) is 5.69 Å². The number of hydrogen-bond donors (Lipinski definition) is 2. The minimum Gasteiger partial charge on any atom is -0.508 e. The highest BCUT2D eigenvalue weighted by atomic mass is 16.4. The number of phenols is 1. The van der Waals surface area contributed by atoms with Crippen molar-refractivity contribution in [2.24, 2.45) is 7.05 Å². The number of carbonyl (C=O) groups is 4. The highest BCUT2D eigenvalue weighted by Gasteiger charge is 2.32. The molecule has 10 heteroatoms. The number of fused-ring (bicyclic) bond motifs is 2. The zero-order valence-corrected chi connectivity index (χ0v) is 30.3. The lowest BCUT2D eigenvalue weighted by molar-refractivity contribution is -0.131. The number of phenolic OH excluding ortho intramolecular Hbond substituents is 1. The third-order valence-electron chi connectivity index (χ3n) is 10.8. The molecule has 0 aliphatic carbocycles. The van der Waals surface area contributed by atoms with Gasteiger partial charge < -0.3 is 29.5 Å². The minimum atomic E-state index is -1.02. The zero-order valence-electron chi connectivity index (χ0n) is 30.3. The summed E-state index contributed by atoms with van der Waals surface area (Å²) < 4.78 is 1.96. The normalized spacial score (nSPS) is 15.1. The van der Waals surface area contributed by atoms with E-state index in [0.29, 0.717) is 42.9 Å². The van der Waals surface area contributed by atoms with Gasteiger partial charge in [-0.05, 0) is 109 Å². The summed E-state index contributed by atoms with van der Waals surface area (Å²) in [6.07, 6.45) is 1.47. The van der Waals surface area contributed by atoms with E-state index < -0.39 is 5.97 Å². The Kier molecular flexibility index (Phi) is 9.38. The van der Waals surface area contributed by atoms with Crippen LogP contribution in [-0.4, -0.2) is 67.9 Å². The molecule has 5 aromatic rings. The Bertz CT molecular complexity index is 2260. The Labute approximate surface area is 308 Å². The fourth-order valence-electron chi connectivity index (χ4n) is 7.52. The largest absolute Gasteiger partial charge is 0.508 e. The molecule has 10 nitrogen and oxygen atoms in total. The van der Waals surface area contributed by atoms with E-state index in [1.807, 2.05) is 47.7 Å². The smallest absolute Gasteiger partial charge is 0.335 e. The molecule has 1 atom stereocenters. The second kappa shape index (κ2) is 14.1. The van der Waals surface area contributed by atoms with Gasteiger partial charge in [-0.3, -0.25) is 14.4 Å². The summed E-state index contributed by atoms with van der Waals surface area (Å²) in [6.45, 7) is 5.28. The maximum atomic E-state index is 14.8. The first-order valence-electron chi connectivity index (χ1n) is 17.8. The first-order chi connectivity index (χ1) is 25.4. The van der Waals surface area contributed by atoms with Crippen LogP contribution >= 0.6 is 0 Å². The number of hydrogen-bond acceptors (Lipinski definition) is 5. The van der Waals surface area contributed by atoms with Crippen molar-refractivity contribution >= 4 is 29.4 Å². The molecule has 1 aromatic heterocycles. The molecule has 270 valence electrons. The maximum Gasteiger partial charge on any atom is 0.335 e. The van der Waals surface area contributed by atoms with Gasteiger partial charge in [-0.15, -0.1) is 0 Å². The van der Waals surface area contributed by atoms with Gasteiger partial charge in [0, 0.05) is 68.0 Å². The van der Waals surface area contributed by atoms with Gasteiger partial charge in [0.05, 0.1) is 17.5 Å². The number of carbonyl (C=O) groups excluding carboxylic acids is 3. The number of anilines is 1. The molecule has 53 heavy (non-hydrogen) atoms. The second-order valence-electron chi connectivity index (χ2n) is 14.1. The number of aromatic carboxylic acids is 1. The minimum absolute atomic E-state index is 0.0434. The van der Waals surface area contributed by atoms with Crippen LogP contribution in [0, 0.1) is 6.92 Å². The average molecular weight is 711 g/mol. The quantitative estimate of drug-likeness (QED) is 0.202. The molecule has 0 fully saturated rings. The molecule has 7 rings (SSSR count). The molecule has 0 saturated heterocycles. The second-order valence-corrected chi connectivity index (χ2v) is 14.1. The topological polar surface area (TPSA) is 123 Å². The van der Waals surface area contributed by atoms with Crippen LogP contribution in [0.5, 0.6) is 5.75 Å². The van der Waals surface area contributed by atoms with Crippen molar-refractivity contribution in [3.05, 3.63) is 141 Å². The van der Waals surface area contributed by atoms with Crippen molar-refractivity contribution < 1.29 is 29.4 Å². The van der Waals surface area contributed by atoms with Crippen LogP contribution < -0.4 is 4.90 Å². The predicted molar refractivity (Wildman–Crippen MR) is 202 cm³/mol. The van der Waals surface area contributed by atoms with Crippen molar-refractivity contribution in [3.8, 4) is 17.0 Å². The lowest BCUT2D eigenvalue weighted by atomic mass is 9.89. The Morgan fingerprint density at radius 2 is 1.53 bits per heavy atom. The molecule has 0 spiro atoms. The van der Waals surface area contributed by atoms with Crippen LogP contribution in [0.1, 0.15) is 71.5 Å². The maximum absolute atomic E-state index is 14.8. The Morgan fingerprint density at radius 1 is 0.830 bits per heavy atom. The molecule has 4 aromatic carbocycles. The zero-order chi connectivity index (χ0) is 37.6. The van der Waals surface area contributed by atoms with Crippen molar-refractivity contribution in [2.45, 2.75) is 52.2 Å². The molecular weight excluding hydrogens is 668 g/mol. The molecule has 3 amide bonds. The van der Waals surface area contributed by atoms with Gasteiger partial charge in [0.2, 0.25) is 5.91 Å². The number of aromatic nitrogens is 1. The van der Waals surface area contributed by atoms with E-state index in [9.17, 15) is 29.4 Å². The molecule has 2 N–H and O–H groups in total. The lowest BCUT2D eigenvalue weighted by Crippen LogP contribution is -2.43. The first kappa shape index (κ1) is 35.3. The van der Waals surface area contributed by atoms with Crippen LogP contribution in [0.2, 0.25) is 0 Å².